The summed E-state index contributed by atoms with van der Waals surface area (Å²) in [4.78, 5) is 8.11. The summed E-state index contributed by atoms with van der Waals surface area (Å²) in [6.07, 6.45) is 1.44. The standard InChI is InChI=1S/C5H11NO.HNO2/c1-5-6-3-2-4-7-5;2-1-3/h5-6H,2-4H2,1H3;(H,2,3). The first kappa shape index (κ1) is 9.32. The molecule has 1 unspecified atom stereocenters. The van der Waals surface area contributed by atoms with E-state index in [0.717, 1.165) is 19.6 Å². The molecule has 0 aromatic carbocycles. The van der Waals surface area contributed by atoms with Crippen LogP contribution in [0.25, 0.3) is 0 Å². The van der Waals surface area contributed by atoms with Crippen LogP contribution >= 0.6 is 0 Å². The van der Waals surface area contributed by atoms with Gasteiger partial charge in [-0.15, -0.1) is 4.91 Å². The highest BCUT2D eigenvalue weighted by atomic mass is 16.6. The van der Waals surface area contributed by atoms with E-state index in [1.54, 1.807) is 0 Å². The molecule has 2 N–H and O–H groups in total. The fourth-order valence-corrected chi connectivity index (χ4v) is 0.697. The van der Waals surface area contributed by atoms with Crippen LogP contribution in [0, 0.1) is 4.91 Å². The van der Waals surface area contributed by atoms with Crippen molar-refractivity contribution in [3.63, 3.8) is 0 Å². The van der Waals surface area contributed by atoms with E-state index in [-0.39, 0.29) is 6.23 Å². The molecule has 5 heteroatoms. The summed E-state index contributed by atoms with van der Waals surface area (Å²) < 4.78 is 5.17. The molecule has 1 fully saturated rings. The van der Waals surface area contributed by atoms with Crippen molar-refractivity contribution in [3.8, 4) is 0 Å². The highest BCUT2D eigenvalue weighted by molar-refractivity contribution is 4.54. The third kappa shape index (κ3) is 5.46. The maximum atomic E-state index is 8.11. The smallest absolute Gasteiger partial charge is 0.152 e. The summed E-state index contributed by atoms with van der Waals surface area (Å²) in [6, 6.07) is 0. The van der Waals surface area contributed by atoms with Crippen LogP contribution in [-0.4, -0.2) is 24.6 Å². The number of hydrogen-bond acceptors (Lipinski definition) is 4. The molecule has 0 aromatic heterocycles. The molecule has 5 nitrogen and oxygen atoms in total. The van der Waals surface area contributed by atoms with Crippen molar-refractivity contribution in [1.82, 2.24) is 5.32 Å². The second-order valence-electron chi connectivity index (χ2n) is 1.90. The van der Waals surface area contributed by atoms with Crippen LogP contribution in [0.2, 0.25) is 0 Å². The van der Waals surface area contributed by atoms with Crippen molar-refractivity contribution in [2.75, 3.05) is 13.2 Å². The quantitative estimate of drug-likeness (QED) is 0.387. The van der Waals surface area contributed by atoms with E-state index in [9.17, 15) is 0 Å². The summed E-state index contributed by atoms with van der Waals surface area (Å²) in [7, 11) is 0. The molecule has 0 amide bonds. The number of ether oxygens (including phenoxy) is 1. The van der Waals surface area contributed by atoms with Crippen molar-refractivity contribution in [3.05, 3.63) is 4.91 Å². The zero-order chi connectivity index (χ0) is 7.82. The van der Waals surface area contributed by atoms with Gasteiger partial charge >= 0.3 is 0 Å². The highest BCUT2D eigenvalue weighted by Crippen LogP contribution is 1.93. The van der Waals surface area contributed by atoms with Gasteiger partial charge in [-0.05, 0) is 19.9 Å². The van der Waals surface area contributed by atoms with E-state index in [0.29, 0.717) is 0 Å². The summed E-state index contributed by atoms with van der Waals surface area (Å²) >= 11 is 0. The molecule has 0 bridgehead atoms. The molecule has 1 saturated heterocycles. The van der Waals surface area contributed by atoms with Crippen LogP contribution in [0.3, 0.4) is 0 Å². The Balaban J connectivity index is 0.000000236. The Bertz CT molecular complexity index is 83.0. The lowest BCUT2D eigenvalue weighted by molar-refractivity contribution is 0.0139. The lowest BCUT2D eigenvalue weighted by Crippen LogP contribution is -2.35. The maximum absolute atomic E-state index is 8.11. The summed E-state index contributed by atoms with van der Waals surface area (Å²) in [5, 5.41) is 11.0. The van der Waals surface area contributed by atoms with Gasteiger partial charge in [0.25, 0.3) is 0 Å². The monoisotopic (exact) mass is 148 g/mol. The molecular weight excluding hydrogens is 136 g/mol. The molecule has 0 radical (unpaired) electrons. The van der Waals surface area contributed by atoms with Crippen molar-refractivity contribution in [2.24, 2.45) is 5.34 Å². The minimum Gasteiger partial charge on any atom is -0.379 e. The molecule has 0 saturated carbocycles. The second-order valence-corrected chi connectivity index (χ2v) is 1.90. The largest absolute Gasteiger partial charge is 0.379 e. The van der Waals surface area contributed by atoms with Gasteiger partial charge in [0.15, 0.2) is 5.34 Å². The molecular formula is C5H12N2O3. The second kappa shape index (κ2) is 6.44. The van der Waals surface area contributed by atoms with Gasteiger partial charge in [-0.25, -0.2) is 0 Å². The highest BCUT2D eigenvalue weighted by Gasteiger charge is 2.04. The number of nitrogens with zero attached hydrogens (tertiary/aromatic N) is 1. The lowest BCUT2D eigenvalue weighted by Gasteiger charge is -2.19. The van der Waals surface area contributed by atoms with E-state index in [1.807, 2.05) is 6.92 Å². The fourth-order valence-electron chi connectivity index (χ4n) is 0.697. The normalized spacial score (nSPS) is 24.3. The van der Waals surface area contributed by atoms with Crippen LogP contribution < -0.4 is 5.32 Å². The molecule has 0 spiro atoms. The Labute approximate surface area is 59.3 Å². The third-order valence-electron chi connectivity index (χ3n) is 1.12. The van der Waals surface area contributed by atoms with Crippen molar-refractivity contribution < 1.29 is 9.94 Å². The van der Waals surface area contributed by atoms with Gasteiger partial charge in [-0.2, -0.15) is 0 Å². The average molecular weight is 148 g/mol. The lowest BCUT2D eigenvalue weighted by atomic mass is 10.4. The van der Waals surface area contributed by atoms with Crippen molar-refractivity contribution >= 4 is 0 Å². The number of hydrogen-bond donors (Lipinski definition) is 2. The predicted octanol–water partition coefficient (Wildman–Crippen LogP) is 0.484. The number of nitrogens with one attached hydrogen (secondary N) is 1. The van der Waals surface area contributed by atoms with Crippen LogP contribution in [0.15, 0.2) is 5.34 Å². The molecule has 10 heavy (non-hydrogen) atoms. The third-order valence-corrected chi connectivity index (χ3v) is 1.12. The SMILES string of the molecule is CC1NCCCO1.O=NO. The molecule has 0 aliphatic carbocycles. The molecule has 1 heterocycles. The van der Waals surface area contributed by atoms with E-state index < -0.39 is 0 Å². The van der Waals surface area contributed by atoms with Crippen LogP contribution in [-0.2, 0) is 4.74 Å². The van der Waals surface area contributed by atoms with E-state index in [4.69, 9.17) is 14.9 Å². The summed E-state index contributed by atoms with van der Waals surface area (Å²) in [5.41, 5.74) is 0. The van der Waals surface area contributed by atoms with Crippen molar-refractivity contribution in [1.29, 1.82) is 0 Å². The molecule has 60 valence electrons. The molecule has 1 rings (SSSR count). The van der Waals surface area contributed by atoms with Gasteiger partial charge in [0.05, 0.1) is 0 Å². The van der Waals surface area contributed by atoms with E-state index >= 15 is 0 Å². The summed E-state index contributed by atoms with van der Waals surface area (Å²) in [5.74, 6) is 0. The van der Waals surface area contributed by atoms with Crippen molar-refractivity contribution in [2.45, 2.75) is 19.6 Å². The predicted molar refractivity (Wildman–Crippen MR) is 35.6 cm³/mol. The topological polar surface area (TPSA) is 70.9 Å². The van der Waals surface area contributed by atoms with Gasteiger partial charge in [0.2, 0.25) is 0 Å². The zero-order valence-electron chi connectivity index (χ0n) is 5.91. The Morgan fingerprint density at radius 3 is 2.60 bits per heavy atom. The van der Waals surface area contributed by atoms with E-state index in [2.05, 4.69) is 5.32 Å². The first-order valence-electron chi connectivity index (χ1n) is 3.13. The zero-order valence-corrected chi connectivity index (χ0v) is 5.91. The Hall–Kier alpha value is -0.680. The van der Waals surface area contributed by atoms with Gasteiger partial charge in [0, 0.05) is 6.61 Å². The Morgan fingerprint density at radius 2 is 2.40 bits per heavy atom. The minimum atomic E-state index is 0.286. The van der Waals surface area contributed by atoms with Gasteiger partial charge in [-0.1, -0.05) is 0 Å². The molecule has 1 atom stereocenters. The minimum absolute atomic E-state index is 0.286. The van der Waals surface area contributed by atoms with Gasteiger partial charge in [-0.3, -0.25) is 5.32 Å². The van der Waals surface area contributed by atoms with Crippen LogP contribution in [0.4, 0.5) is 0 Å². The van der Waals surface area contributed by atoms with Crippen LogP contribution in [0.1, 0.15) is 13.3 Å². The molecule has 1 aliphatic heterocycles. The molecule has 0 aromatic rings. The first-order valence-corrected chi connectivity index (χ1v) is 3.13. The Kier molecular flexibility index (Phi) is 6.00. The van der Waals surface area contributed by atoms with Gasteiger partial charge < -0.3 is 9.94 Å². The molecule has 1 aliphatic rings. The van der Waals surface area contributed by atoms with Gasteiger partial charge in [0.1, 0.15) is 6.23 Å². The number of rotatable bonds is 0. The Morgan fingerprint density at radius 1 is 1.80 bits per heavy atom. The maximum Gasteiger partial charge on any atom is 0.152 e. The van der Waals surface area contributed by atoms with Crippen LogP contribution in [0.5, 0.6) is 0 Å². The first-order chi connectivity index (χ1) is 4.81. The summed E-state index contributed by atoms with van der Waals surface area (Å²) in [6.45, 7) is 4.06. The van der Waals surface area contributed by atoms with E-state index in [1.165, 1.54) is 5.34 Å². The fraction of sp³-hybridized carbons (Fsp3) is 1.00. The average Bonchev–Trinajstić information content (AvgIpc) is 1.91.